The van der Waals surface area contributed by atoms with Gasteiger partial charge in [-0.15, -0.1) is 0 Å². The highest BCUT2D eigenvalue weighted by atomic mass is 16.7. The molecule has 3 rings (SSSR count). The van der Waals surface area contributed by atoms with E-state index in [9.17, 15) is 9.90 Å². The molecule has 0 bridgehead atoms. The normalized spacial score (nSPS) is 27.0. The van der Waals surface area contributed by atoms with Gasteiger partial charge in [0.1, 0.15) is 5.75 Å². The fraction of sp³-hybridized carbons (Fsp3) is 0.591. The van der Waals surface area contributed by atoms with Crippen LogP contribution in [-0.2, 0) is 14.3 Å². The Hall–Kier alpha value is -1.85. The van der Waals surface area contributed by atoms with Crippen molar-refractivity contribution in [3.63, 3.8) is 0 Å². The van der Waals surface area contributed by atoms with Crippen LogP contribution in [0.2, 0.25) is 0 Å². The first-order valence-electron chi connectivity index (χ1n) is 10.1. The van der Waals surface area contributed by atoms with E-state index in [1.165, 1.54) is 19.3 Å². The second-order valence-corrected chi connectivity index (χ2v) is 7.61. The Labute approximate surface area is 161 Å². The highest BCUT2D eigenvalue weighted by Crippen LogP contribution is 2.42. The molecular weight excluding hydrogens is 344 g/mol. The average molecular weight is 374 g/mol. The number of ether oxygens (including phenoxy) is 2. The smallest absolute Gasteiger partial charge is 0.303 e. The molecule has 1 aromatic rings. The average Bonchev–Trinajstić information content (AvgIpc) is 2.69. The quantitative estimate of drug-likeness (QED) is 0.670. The topological polar surface area (TPSA) is 76.0 Å². The lowest BCUT2D eigenvalue weighted by molar-refractivity contribution is -0.263. The second kappa shape index (κ2) is 9.90. The lowest BCUT2D eigenvalue weighted by Crippen LogP contribution is -2.39. The van der Waals surface area contributed by atoms with Crippen molar-refractivity contribution in [1.82, 2.24) is 0 Å². The van der Waals surface area contributed by atoms with E-state index in [1.807, 2.05) is 30.4 Å². The van der Waals surface area contributed by atoms with Crippen LogP contribution in [0.1, 0.15) is 63.0 Å². The molecule has 1 aliphatic heterocycles. The zero-order valence-electron chi connectivity index (χ0n) is 15.8. The fourth-order valence-electron chi connectivity index (χ4n) is 4.10. The van der Waals surface area contributed by atoms with Crippen molar-refractivity contribution in [1.29, 1.82) is 0 Å². The van der Waals surface area contributed by atoms with Gasteiger partial charge in [0.15, 0.2) is 6.29 Å². The SMILES string of the molecule is O=C(O)CCC=CCC1COC(C2CCCCC2)OC1c1ccccc1O. The second-order valence-electron chi connectivity index (χ2n) is 7.61. The van der Waals surface area contributed by atoms with Gasteiger partial charge in [0, 0.05) is 23.8 Å². The van der Waals surface area contributed by atoms with Gasteiger partial charge in [-0.1, -0.05) is 49.6 Å². The Morgan fingerprint density at radius 2 is 1.93 bits per heavy atom. The molecule has 1 saturated carbocycles. The summed E-state index contributed by atoms with van der Waals surface area (Å²) in [5.41, 5.74) is 0.811. The molecule has 1 aromatic carbocycles. The summed E-state index contributed by atoms with van der Waals surface area (Å²) in [5, 5.41) is 19.1. The van der Waals surface area contributed by atoms with Crippen molar-refractivity contribution < 1.29 is 24.5 Å². The molecule has 5 nitrogen and oxygen atoms in total. The third kappa shape index (κ3) is 5.56. The first-order valence-corrected chi connectivity index (χ1v) is 10.1. The van der Waals surface area contributed by atoms with Crippen LogP contribution in [0, 0.1) is 11.8 Å². The van der Waals surface area contributed by atoms with Crippen LogP contribution in [0.15, 0.2) is 36.4 Å². The minimum Gasteiger partial charge on any atom is -0.508 e. The summed E-state index contributed by atoms with van der Waals surface area (Å²) >= 11 is 0. The molecule has 27 heavy (non-hydrogen) atoms. The number of hydrogen-bond donors (Lipinski definition) is 2. The third-order valence-corrected chi connectivity index (χ3v) is 5.59. The van der Waals surface area contributed by atoms with Gasteiger partial charge in [-0.2, -0.15) is 0 Å². The number of carboxylic acid groups (broad SMARTS) is 1. The minimum atomic E-state index is -0.786. The van der Waals surface area contributed by atoms with Crippen molar-refractivity contribution in [3.05, 3.63) is 42.0 Å². The Morgan fingerprint density at radius 1 is 1.15 bits per heavy atom. The molecule has 3 unspecified atom stereocenters. The number of allylic oxidation sites excluding steroid dienone is 2. The summed E-state index contributed by atoms with van der Waals surface area (Å²) in [7, 11) is 0. The van der Waals surface area contributed by atoms with Crippen molar-refractivity contribution in [2.75, 3.05) is 6.61 Å². The summed E-state index contributed by atoms with van der Waals surface area (Å²) in [6, 6.07) is 7.36. The van der Waals surface area contributed by atoms with Gasteiger partial charge < -0.3 is 19.7 Å². The van der Waals surface area contributed by atoms with Crippen molar-refractivity contribution in [2.45, 2.75) is 63.8 Å². The van der Waals surface area contributed by atoms with E-state index in [0.29, 0.717) is 18.9 Å². The van der Waals surface area contributed by atoms with Crippen LogP contribution >= 0.6 is 0 Å². The van der Waals surface area contributed by atoms with Crippen molar-refractivity contribution >= 4 is 5.97 Å². The maximum Gasteiger partial charge on any atom is 0.303 e. The molecule has 2 aliphatic rings. The lowest BCUT2D eigenvalue weighted by atomic mass is 9.86. The van der Waals surface area contributed by atoms with Crippen molar-refractivity contribution in [2.24, 2.45) is 11.8 Å². The maximum absolute atomic E-state index is 10.6. The lowest BCUT2D eigenvalue weighted by Gasteiger charge is -2.41. The molecule has 0 spiro atoms. The van der Waals surface area contributed by atoms with E-state index in [-0.39, 0.29) is 30.5 Å². The highest BCUT2D eigenvalue weighted by Gasteiger charge is 2.37. The molecule has 2 fully saturated rings. The van der Waals surface area contributed by atoms with Gasteiger partial charge in [-0.05, 0) is 31.7 Å². The van der Waals surface area contributed by atoms with Crippen LogP contribution in [0.25, 0.3) is 0 Å². The van der Waals surface area contributed by atoms with Gasteiger partial charge in [-0.3, -0.25) is 4.79 Å². The number of carboxylic acids is 1. The number of phenols is 1. The van der Waals surface area contributed by atoms with Crippen LogP contribution < -0.4 is 0 Å². The maximum atomic E-state index is 10.6. The first-order chi connectivity index (χ1) is 13.1. The van der Waals surface area contributed by atoms with Crippen LogP contribution in [-0.4, -0.2) is 29.1 Å². The molecular formula is C22H30O5. The van der Waals surface area contributed by atoms with Crippen LogP contribution in [0.4, 0.5) is 0 Å². The van der Waals surface area contributed by atoms with E-state index >= 15 is 0 Å². The predicted molar refractivity (Wildman–Crippen MR) is 102 cm³/mol. The standard InChI is InChI=1S/C22H30O5/c23-19-13-8-7-12-18(19)21-17(11-5-2-6-14-20(24)25)15-26-22(27-21)16-9-3-1-4-10-16/h2,5,7-8,12-13,16-17,21-23H,1,3-4,6,9-11,14-15H2,(H,24,25). The Kier molecular flexibility index (Phi) is 7.30. The predicted octanol–water partition coefficient (Wildman–Crippen LogP) is 4.81. The molecule has 1 saturated heterocycles. The minimum absolute atomic E-state index is 0.0965. The number of carbonyl (C=O) groups is 1. The number of rotatable bonds is 7. The summed E-state index contributed by atoms with van der Waals surface area (Å²) in [6.07, 6.45) is 10.9. The molecule has 1 aliphatic carbocycles. The zero-order valence-corrected chi connectivity index (χ0v) is 15.8. The van der Waals surface area contributed by atoms with E-state index in [0.717, 1.165) is 24.8 Å². The number of aliphatic carboxylic acids is 1. The highest BCUT2D eigenvalue weighted by molar-refractivity contribution is 5.66. The van der Waals surface area contributed by atoms with Gasteiger partial charge in [0.2, 0.25) is 0 Å². The summed E-state index contributed by atoms with van der Waals surface area (Å²) < 4.78 is 12.5. The Morgan fingerprint density at radius 3 is 2.67 bits per heavy atom. The zero-order chi connectivity index (χ0) is 19.1. The van der Waals surface area contributed by atoms with Gasteiger partial charge in [0.05, 0.1) is 12.7 Å². The number of phenolic OH excluding ortho intramolecular Hbond substituents is 1. The van der Waals surface area contributed by atoms with Crippen LogP contribution in [0.5, 0.6) is 5.75 Å². The molecule has 148 valence electrons. The first kappa shape index (κ1) is 19.9. The van der Waals surface area contributed by atoms with Gasteiger partial charge in [0.25, 0.3) is 0 Å². The van der Waals surface area contributed by atoms with E-state index in [4.69, 9.17) is 14.6 Å². The van der Waals surface area contributed by atoms with E-state index in [1.54, 1.807) is 6.07 Å². The number of hydrogen-bond acceptors (Lipinski definition) is 4. The number of benzene rings is 1. The van der Waals surface area contributed by atoms with Crippen LogP contribution in [0.3, 0.4) is 0 Å². The van der Waals surface area contributed by atoms with Gasteiger partial charge in [-0.25, -0.2) is 0 Å². The summed E-state index contributed by atoms with van der Waals surface area (Å²) in [4.78, 5) is 10.6. The monoisotopic (exact) mass is 374 g/mol. The molecule has 5 heteroatoms. The Balaban J connectivity index is 1.68. The molecule has 2 N–H and O–H groups in total. The van der Waals surface area contributed by atoms with Gasteiger partial charge >= 0.3 is 5.97 Å². The van der Waals surface area contributed by atoms with Crippen molar-refractivity contribution in [3.8, 4) is 5.75 Å². The molecule has 3 atom stereocenters. The number of aromatic hydroxyl groups is 1. The summed E-state index contributed by atoms with van der Waals surface area (Å²) in [5.74, 6) is -0.00331. The molecule has 1 heterocycles. The third-order valence-electron chi connectivity index (χ3n) is 5.59. The van der Waals surface area contributed by atoms with E-state index in [2.05, 4.69) is 0 Å². The van der Waals surface area contributed by atoms with E-state index < -0.39 is 5.97 Å². The number of para-hydroxylation sites is 1. The fourth-order valence-corrected chi connectivity index (χ4v) is 4.10. The molecule has 0 amide bonds. The largest absolute Gasteiger partial charge is 0.508 e. The molecule has 0 radical (unpaired) electrons. The Bertz CT molecular complexity index is 635. The molecule has 0 aromatic heterocycles. The summed E-state index contributed by atoms with van der Waals surface area (Å²) in [6.45, 7) is 0.587.